The minimum atomic E-state index is -0.125. The summed E-state index contributed by atoms with van der Waals surface area (Å²) in [5, 5.41) is 0.812. The molecule has 2 rings (SSSR count). The van der Waals surface area contributed by atoms with Gasteiger partial charge in [-0.05, 0) is 18.2 Å². The van der Waals surface area contributed by atoms with Crippen LogP contribution in [-0.2, 0) is 7.05 Å². The summed E-state index contributed by atoms with van der Waals surface area (Å²) < 4.78 is 1.48. The van der Waals surface area contributed by atoms with Crippen LogP contribution in [0.25, 0.3) is 10.9 Å². The fraction of sp³-hybridized carbons (Fsp3) is 0.0909. The SMILES string of the molecule is C#Cc1ccc2ccn(C)c(=O)c2n1. The Labute approximate surface area is 81.0 Å². The first kappa shape index (κ1) is 8.52. The van der Waals surface area contributed by atoms with Crippen molar-refractivity contribution in [3.8, 4) is 12.3 Å². The molecular formula is C11H8N2O. The molecule has 0 fully saturated rings. The fourth-order valence-corrected chi connectivity index (χ4v) is 1.28. The number of aryl methyl sites for hydroxylation is 1. The second-order valence-electron chi connectivity index (χ2n) is 3.01. The third-order valence-electron chi connectivity index (χ3n) is 2.07. The molecule has 0 unspecified atom stereocenters. The van der Waals surface area contributed by atoms with E-state index in [4.69, 9.17) is 6.42 Å². The largest absolute Gasteiger partial charge is 0.317 e. The van der Waals surface area contributed by atoms with Gasteiger partial charge in [0, 0.05) is 18.6 Å². The predicted molar refractivity (Wildman–Crippen MR) is 54.9 cm³/mol. The molecule has 14 heavy (non-hydrogen) atoms. The molecule has 0 N–H and O–H groups in total. The molecule has 0 saturated carbocycles. The number of terminal acetylenes is 1. The van der Waals surface area contributed by atoms with Crippen LogP contribution in [0.4, 0.5) is 0 Å². The van der Waals surface area contributed by atoms with Gasteiger partial charge in [0.05, 0.1) is 0 Å². The summed E-state index contributed by atoms with van der Waals surface area (Å²) in [6.45, 7) is 0. The topological polar surface area (TPSA) is 34.9 Å². The van der Waals surface area contributed by atoms with Crippen molar-refractivity contribution in [3.63, 3.8) is 0 Å². The normalized spacial score (nSPS) is 10.0. The number of hydrogen-bond acceptors (Lipinski definition) is 2. The van der Waals surface area contributed by atoms with E-state index in [0.717, 1.165) is 5.39 Å². The van der Waals surface area contributed by atoms with Crippen molar-refractivity contribution in [2.75, 3.05) is 0 Å². The molecule has 2 heterocycles. The minimum Gasteiger partial charge on any atom is -0.317 e. The number of aromatic nitrogens is 2. The number of rotatable bonds is 0. The van der Waals surface area contributed by atoms with E-state index in [9.17, 15) is 4.79 Å². The van der Waals surface area contributed by atoms with Crippen molar-refractivity contribution in [2.45, 2.75) is 0 Å². The molecule has 0 saturated heterocycles. The number of pyridine rings is 2. The summed E-state index contributed by atoms with van der Waals surface area (Å²) in [6.07, 6.45) is 6.92. The number of fused-ring (bicyclic) bond motifs is 1. The first-order valence-corrected chi connectivity index (χ1v) is 4.15. The van der Waals surface area contributed by atoms with Gasteiger partial charge in [-0.2, -0.15) is 0 Å². The Hall–Kier alpha value is -2.08. The Balaban J connectivity index is 2.93. The molecule has 2 aromatic rings. The maximum absolute atomic E-state index is 11.6. The van der Waals surface area contributed by atoms with Crippen LogP contribution in [0.1, 0.15) is 5.69 Å². The molecule has 0 amide bonds. The Morgan fingerprint density at radius 2 is 2.21 bits per heavy atom. The molecule has 2 aromatic heterocycles. The van der Waals surface area contributed by atoms with Crippen molar-refractivity contribution in [3.05, 3.63) is 40.4 Å². The van der Waals surface area contributed by atoms with Crippen molar-refractivity contribution in [1.29, 1.82) is 0 Å². The van der Waals surface area contributed by atoms with E-state index >= 15 is 0 Å². The van der Waals surface area contributed by atoms with Crippen LogP contribution >= 0.6 is 0 Å². The van der Waals surface area contributed by atoms with Crippen LogP contribution in [0, 0.1) is 12.3 Å². The van der Waals surface area contributed by atoms with Gasteiger partial charge < -0.3 is 4.57 Å². The zero-order chi connectivity index (χ0) is 10.1. The number of hydrogen-bond donors (Lipinski definition) is 0. The minimum absolute atomic E-state index is 0.125. The zero-order valence-corrected chi connectivity index (χ0v) is 7.69. The maximum atomic E-state index is 11.6. The Morgan fingerprint density at radius 1 is 1.43 bits per heavy atom. The molecule has 0 aliphatic rings. The van der Waals surface area contributed by atoms with Crippen LogP contribution in [-0.4, -0.2) is 9.55 Å². The molecule has 3 heteroatoms. The van der Waals surface area contributed by atoms with Gasteiger partial charge in [-0.15, -0.1) is 6.42 Å². The van der Waals surface area contributed by atoms with Crippen LogP contribution < -0.4 is 5.56 Å². The average molecular weight is 184 g/mol. The molecule has 0 radical (unpaired) electrons. The summed E-state index contributed by atoms with van der Waals surface area (Å²) in [6, 6.07) is 5.37. The van der Waals surface area contributed by atoms with Gasteiger partial charge in [0.1, 0.15) is 11.2 Å². The van der Waals surface area contributed by atoms with E-state index in [2.05, 4.69) is 10.9 Å². The van der Waals surface area contributed by atoms with Gasteiger partial charge in [0.2, 0.25) is 0 Å². The quantitative estimate of drug-likeness (QED) is 0.570. The summed E-state index contributed by atoms with van der Waals surface area (Å²) in [5.41, 5.74) is 0.783. The smallest absolute Gasteiger partial charge is 0.276 e. The van der Waals surface area contributed by atoms with Gasteiger partial charge in [-0.3, -0.25) is 4.79 Å². The zero-order valence-electron chi connectivity index (χ0n) is 7.69. The predicted octanol–water partition coefficient (Wildman–Crippen LogP) is 0.915. The van der Waals surface area contributed by atoms with Gasteiger partial charge >= 0.3 is 0 Å². The van der Waals surface area contributed by atoms with Crippen molar-refractivity contribution >= 4 is 10.9 Å². The summed E-state index contributed by atoms with van der Waals surface area (Å²) in [7, 11) is 1.69. The van der Waals surface area contributed by atoms with Gasteiger partial charge in [0.25, 0.3) is 5.56 Å². The lowest BCUT2D eigenvalue weighted by atomic mass is 10.2. The summed E-state index contributed by atoms with van der Waals surface area (Å²) >= 11 is 0. The van der Waals surface area contributed by atoms with Crippen LogP contribution in [0.15, 0.2) is 29.2 Å². The molecular weight excluding hydrogens is 176 g/mol. The molecule has 0 spiro atoms. The van der Waals surface area contributed by atoms with Gasteiger partial charge in [-0.1, -0.05) is 5.92 Å². The molecule has 0 aromatic carbocycles. The first-order chi connectivity index (χ1) is 6.72. The lowest BCUT2D eigenvalue weighted by molar-refractivity contribution is 0.869. The molecule has 3 nitrogen and oxygen atoms in total. The molecule has 0 aliphatic heterocycles. The van der Waals surface area contributed by atoms with E-state index in [1.807, 2.05) is 6.07 Å². The average Bonchev–Trinajstić information content (AvgIpc) is 2.23. The molecule has 0 bridgehead atoms. The van der Waals surface area contributed by atoms with E-state index in [0.29, 0.717) is 11.2 Å². The highest BCUT2D eigenvalue weighted by atomic mass is 16.1. The molecule has 68 valence electrons. The summed E-state index contributed by atoms with van der Waals surface area (Å²) in [5.74, 6) is 2.41. The third-order valence-corrected chi connectivity index (χ3v) is 2.07. The van der Waals surface area contributed by atoms with Crippen LogP contribution in [0.3, 0.4) is 0 Å². The van der Waals surface area contributed by atoms with Gasteiger partial charge in [0.15, 0.2) is 0 Å². The lowest BCUT2D eigenvalue weighted by Crippen LogP contribution is -2.16. The van der Waals surface area contributed by atoms with E-state index < -0.39 is 0 Å². The van der Waals surface area contributed by atoms with E-state index in [1.54, 1.807) is 25.4 Å². The van der Waals surface area contributed by atoms with Crippen LogP contribution in [0.5, 0.6) is 0 Å². The van der Waals surface area contributed by atoms with E-state index in [1.165, 1.54) is 4.57 Å². The molecule has 0 aliphatic carbocycles. The fourth-order valence-electron chi connectivity index (χ4n) is 1.28. The highest BCUT2D eigenvalue weighted by molar-refractivity contribution is 5.77. The van der Waals surface area contributed by atoms with Crippen molar-refractivity contribution < 1.29 is 0 Å². The van der Waals surface area contributed by atoms with Crippen molar-refractivity contribution in [1.82, 2.24) is 9.55 Å². The number of nitrogens with zero attached hydrogens (tertiary/aromatic N) is 2. The van der Waals surface area contributed by atoms with Crippen molar-refractivity contribution in [2.24, 2.45) is 7.05 Å². The lowest BCUT2D eigenvalue weighted by Gasteiger charge is -2.00. The highest BCUT2D eigenvalue weighted by Gasteiger charge is 2.01. The van der Waals surface area contributed by atoms with E-state index in [-0.39, 0.29) is 5.56 Å². The van der Waals surface area contributed by atoms with Crippen LogP contribution in [0.2, 0.25) is 0 Å². The summed E-state index contributed by atoms with van der Waals surface area (Å²) in [4.78, 5) is 15.7. The Morgan fingerprint density at radius 3 is 2.93 bits per heavy atom. The first-order valence-electron chi connectivity index (χ1n) is 4.15. The maximum Gasteiger partial charge on any atom is 0.276 e. The Kier molecular flexibility index (Phi) is 1.83. The second kappa shape index (κ2) is 3.00. The van der Waals surface area contributed by atoms with Gasteiger partial charge in [-0.25, -0.2) is 4.98 Å². The molecule has 0 atom stereocenters. The standard InChI is InChI=1S/C11H8N2O/c1-3-9-5-4-8-6-7-13(2)11(14)10(8)12-9/h1,4-7H,2H3. The second-order valence-corrected chi connectivity index (χ2v) is 3.01. The highest BCUT2D eigenvalue weighted by Crippen LogP contribution is 2.06. The Bertz CT molecular complexity index is 590. The monoisotopic (exact) mass is 184 g/mol. The third kappa shape index (κ3) is 1.17.